The van der Waals surface area contributed by atoms with Crippen LogP contribution >= 0.6 is 11.3 Å². The Labute approximate surface area is 194 Å². The summed E-state index contributed by atoms with van der Waals surface area (Å²) < 4.78 is 39.9. The van der Waals surface area contributed by atoms with Crippen LogP contribution in [0.1, 0.15) is 16.6 Å². The zero-order valence-corrected chi connectivity index (χ0v) is 18.8. The Morgan fingerprint density at radius 2 is 2.06 bits per heavy atom. The summed E-state index contributed by atoms with van der Waals surface area (Å²) in [7, 11) is 1.29. The van der Waals surface area contributed by atoms with Crippen LogP contribution in [0.15, 0.2) is 29.3 Å². The van der Waals surface area contributed by atoms with Crippen molar-refractivity contribution in [2.45, 2.75) is 13.5 Å². The summed E-state index contributed by atoms with van der Waals surface area (Å²) in [4.78, 5) is 35.2. The van der Waals surface area contributed by atoms with Crippen LogP contribution < -0.4 is 20.5 Å². The summed E-state index contributed by atoms with van der Waals surface area (Å²) in [6.45, 7) is 2.22. The maximum Gasteiger partial charge on any atom is 0.349 e. The number of H-pyrrole nitrogens is 1. The molecule has 0 aliphatic rings. The maximum absolute atomic E-state index is 14.4. The number of hydrogen-bond acceptors (Lipinski definition) is 8. The molecule has 0 amide bonds. The lowest BCUT2D eigenvalue weighted by Gasteiger charge is -2.09. The highest BCUT2D eigenvalue weighted by atomic mass is 32.1. The van der Waals surface area contributed by atoms with Gasteiger partial charge in [0, 0.05) is 31.3 Å². The first-order chi connectivity index (χ1) is 16.3. The van der Waals surface area contributed by atoms with Gasteiger partial charge in [0.25, 0.3) is 0 Å². The average molecular weight is 491 g/mol. The number of aromatic nitrogens is 4. The van der Waals surface area contributed by atoms with Crippen molar-refractivity contribution in [3.63, 3.8) is 0 Å². The Bertz CT molecular complexity index is 1430. The molecule has 0 aliphatic carbocycles. The summed E-state index contributed by atoms with van der Waals surface area (Å²) in [5.41, 5.74) is -0.313. The van der Waals surface area contributed by atoms with Crippen molar-refractivity contribution in [2.24, 2.45) is 0 Å². The van der Waals surface area contributed by atoms with Crippen molar-refractivity contribution in [3.05, 3.63) is 51.5 Å². The molecule has 0 aliphatic heterocycles. The molecule has 13 heteroatoms. The van der Waals surface area contributed by atoms with Gasteiger partial charge in [-0.25, -0.2) is 28.3 Å². The standard InChI is InChI=1S/C21H19F2N5O5S/c1-3-33-13-8-14(34-19(13)20(29)30)11-7-15(26-9-25-11)24-4-5-28-18-16(23)10(22)6-12(32-2)17(18)27-21(28)31/h6-9H,3-5H2,1-2H3,(H,27,31)(H,29,30)(H,24,25,26). The number of aromatic carboxylic acids is 1. The molecule has 0 saturated heterocycles. The number of benzene rings is 1. The van der Waals surface area contributed by atoms with Crippen molar-refractivity contribution >= 4 is 34.2 Å². The molecule has 178 valence electrons. The Kier molecular flexibility index (Phi) is 6.45. The van der Waals surface area contributed by atoms with Gasteiger partial charge in [-0.3, -0.25) is 4.57 Å². The lowest BCUT2D eigenvalue weighted by Crippen LogP contribution is -2.22. The Hall–Kier alpha value is -4.00. The summed E-state index contributed by atoms with van der Waals surface area (Å²) in [5.74, 6) is -2.72. The molecule has 0 radical (unpaired) electrons. The van der Waals surface area contributed by atoms with Crippen LogP contribution in [0.25, 0.3) is 21.6 Å². The van der Waals surface area contributed by atoms with Crippen molar-refractivity contribution in [2.75, 3.05) is 25.6 Å². The van der Waals surface area contributed by atoms with E-state index < -0.39 is 23.3 Å². The molecular weight excluding hydrogens is 472 g/mol. The number of nitrogens with one attached hydrogen (secondary N) is 2. The van der Waals surface area contributed by atoms with E-state index in [2.05, 4.69) is 20.3 Å². The predicted molar refractivity (Wildman–Crippen MR) is 121 cm³/mol. The SMILES string of the molecule is CCOc1cc(-c2cc(NCCn3c(=O)[nH]c4c(OC)cc(F)c(F)c43)ncn2)sc1C(=O)O. The monoisotopic (exact) mass is 491 g/mol. The molecule has 1 aromatic carbocycles. The number of methoxy groups -OCH3 is 1. The van der Waals surface area contributed by atoms with Crippen LogP contribution in [0, 0.1) is 11.6 Å². The smallest absolute Gasteiger partial charge is 0.349 e. The molecule has 0 fully saturated rings. The van der Waals surface area contributed by atoms with Crippen LogP contribution in [0.3, 0.4) is 0 Å². The van der Waals surface area contributed by atoms with Crippen LogP contribution in [0.2, 0.25) is 0 Å². The van der Waals surface area contributed by atoms with E-state index in [9.17, 15) is 23.5 Å². The number of imidazole rings is 1. The number of carbonyl (C=O) groups is 1. The number of hydrogen-bond donors (Lipinski definition) is 3. The zero-order chi connectivity index (χ0) is 24.4. The van der Waals surface area contributed by atoms with Gasteiger partial charge in [-0.05, 0) is 6.92 Å². The Morgan fingerprint density at radius 3 is 2.76 bits per heavy atom. The number of carboxylic acids is 1. The molecule has 3 heterocycles. The molecule has 34 heavy (non-hydrogen) atoms. The number of aromatic amines is 1. The first kappa shape index (κ1) is 23.2. The Balaban J connectivity index is 1.55. The lowest BCUT2D eigenvalue weighted by atomic mass is 10.2. The topological polar surface area (TPSA) is 131 Å². The molecule has 0 atom stereocenters. The number of ether oxygens (including phenoxy) is 2. The van der Waals surface area contributed by atoms with Gasteiger partial charge in [-0.15, -0.1) is 11.3 Å². The molecule has 0 saturated carbocycles. The molecule has 3 N–H and O–H groups in total. The van der Waals surface area contributed by atoms with Gasteiger partial charge in [0.15, 0.2) is 16.5 Å². The van der Waals surface area contributed by atoms with Crippen LogP contribution in [-0.4, -0.2) is 50.9 Å². The molecular formula is C21H19F2N5O5S. The summed E-state index contributed by atoms with van der Waals surface area (Å²) in [6.07, 6.45) is 1.30. The van der Waals surface area contributed by atoms with Gasteiger partial charge in [0.2, 0.25) is 0 Å². The average Bonchev–Trinajstić information content (AvgIpc) is 3.38. The predicted octanol–water partition coefficient (Wildman–Crippen LogP) is 3.34. The van der Waals surface area contributed by atoms with E-state index in [0.717, 1.165) is 22.0 Å². The van der Waals surface area contributed by atoms with Gasteiger partial charge < -0.3 is 24.9 Å². The van der Waals surface area contributed by atoms with Gasteiger partial charge in [-0.1, -0.05) is 0 Å². The van der Waals surface area contributed by atoms with Gasteiger partial charge in [0.1, 0.15) is 34.7 Å². The molecule has 4 aromatic rings. The normalized spacial score (nSPS) is 11.1. The molecule has 0 unspecified atom stereocenters. The first-order valence-corrected chi connectivity index (χ1v) is 10.9. The number of carboxylic acid groups (broad SMARTS) is 1. The molecule has 0 spiro atoms. The van der Waals surface area contributed by atoms with E-state index in [1.807, 2.05) is 0 Å². The van der Waals surface area contributed by atoms with Gasteiger partial charge in [0.05, 0.1) is 24.3 Å². The van der Waals surface area contributed by atoms with Crippen LogP contribution in [-0.2, 0) is 6.54 Å². The minimum atomic E-state index is -1.16. The van der Waals surface area contributed by atoms with Crippen LogP contribution in [0.5, 0.6) is 11.5 Å². The molecule has 4 rings (SSSR count). The van der Waals surface area contributed by atoms with E-state index in [1.54, 1.807) is 19.1 Å². The van der Waals surface area contributed by atoms with Crippen molar-refractivity contribution < 1.29 is 28.2 Å². The lowest BCUT2D eigenvalue weighted by molar-refractivity contribution is 0.0698. The number of halogens is 2. The second-order valence-corrected chi connectivity index (χ2v) is 7.99. The fraction of sp³-hybridized carbons (Fsp3) is 0.238. The molecule has 3 aromatic heterocycles. The van der Waals surface area contributed by atoms with Crippen molar-refractivity contribution in [1.82, 2.24) is 19.5 Å². The van der Waals surface area contributed by atoms with Crippen molar-refractivity contribution in [1.29, 1.82) is 0 Å². The van der Waals surface area contributed by atoms with E-state index in [4.69, 9.17) is 9.47 Å². The Morgan fingerprint density at radius 1 is 1.26 bits per heavy atom. The molecule has 10 nitrogen and oxygen atoms in total. The number of nitrogens with zero attached hydrogens (tertiary/aromatic N) is 3. The third-order valence-corrected chi connectivity index (χ3v) is 6.01. The highest BCUT2D eigenvalue weighted by Crippen LogP contribution is 2.36. The first-order valence-electron chi connectivity index (χ1n) is 10.0. The van der Waals surface area contributed by atoms with E-state index in [0.29, 0.717) is 23.0 Å². The largest absolute Gasteiger partial charge is 0.494 e. The highest BCUT2D eigenvalue weighted by Gasteiger charge is 2.20. The maximum atomic E-state index is 14.4. The second-order valence-electron chi connectivity index (χ2n) is 6.94. The number of anilines is 1. The summed E-state index contributed by atoms with van der Waals surface area (Å²) in [6, 6.07) is 4.07. The van der Waals surface area contributed by atoms with E-state index in [-0.39, 0.29) is 40.5 Å². The minimum absolute atomic E-state index is 0.00164. The summed E-state index contributed by atoms with van der Waals surface area (Å²) >= 11 is 1.02. The third-order valence-electron chi connectivity index (χ3n) is 4.88. The van der Waals surface area contributed by atoms with Crippen molar-refractivity contribution in [3.8, 4) is 22.1 Å². The second kappa shape index (κ2) is 9.47. The van der Waals surface area contributed by atoms with Gasteiger partial charge >= 0.3 is 11.7 Å². The number of thiophene rings is 1. The minimum Gasteiger partial charge on any atom is -0.494 e. The summed E-state index contributed by atoms with van der Waals surface area (Å²) in [5, 5.41) is 12.4. The van der Waals surface area contributed by atoms with Gasteiger partial charge in [-0.2, -0.15) is 0 Å². The van der Waals surface area contributed by atoms with E-state index in [1.165, 1.54) is 13.4 Å². The molecule has 0 bridgehead atoms. The van der Waals surface area contributed by atoms with Crippen LogP contribution in [0.4, 0.5) is 14.6 Å². The fourth-order valence-electron chi connectivity index (χ4n) is 3.41. The zero-order valence-electron chi connectivity index (χ0n) is 18.0. The number of rotatable bonds is 9. The van der Waals surface area contributed by atoms with E-state index >= 15 is 0 Å². The number of fused-ring (bicyclic) bond motifs is 1. The fourth-order valence-corrected chi connectivity index (χ4v) is 4.32. The quantitative estimate of drug-likeness (QED) is 0.325. The third kappa shape index (κ3) is 4.29. The highest BCUT2D eigenvalue weighted by molar-refractivity contribution is 7.17.